The summed E-state index contributed by atoms with van der Waals surface area (Å²) in [6.45, 7) is 8.06. The number of urea groups is 1. The Morgan fingerprint density at radius 3 is 2.48 bits per heavy atom. The van der Waals surface area contributed by atoms with Crippen LogP contribution in [0.5, 0.6) is 0 Å². The number of aromatic nitrogens is 2. The highest BCUT2D eigenvalue weighted by Gasteiger charge is 2.21. The first-order valence-corrected chi connectivity index (χ1v) is 8.16. The quantitative estimate of drug-likeness (QED) is 0.817. The van der Waals surface area contributed by atoms with Gasteiger partial charge in [0.15, 0.2) is 5.82 Å². The Hall–Kier alpha value is -2.83. The van der Waals surface area contributed by atoms with Crippen molar-refractivity contribution in [2.45, 2.75) is 39.8 Å². The van der Waals surface area contributed by atoms with E-state index in [0.29, 0.717) is 6.54 Å². The number of hydrogen-bond donors (Lipinski definition) is 2. The molecule has 0 saturated carbocycles. The van der Waals surface area contributed by atoms with Gasteiger partial charge >= 0.3 is 12.0 Å². The second kappa shape index (κ2) is 7.83. The van der Waals surface area contributed by atoms with Crippen molar-refractivity contribution in [2.75, 3.05) is 11.9 Å². The van der Waals surface area contributed by atoms with E-state index < -0.39 is 17.5 Å². The summed E-state index contributed by atoms with van der Waals surface area (Å²) < 4.78 is 6.66. The third kappa shape index (κ3) is 5.63. The van der Waals surface area contributed by atoms with Gasteiger partial charge in [-0.15, -0.1) is 0 Å². The van der Waals surface area contributed by atoms with E-state index in [9.17, 15) is 9.59 Å². The molecule has 0 fully saturated rings. The van der Waals surface area contributed by atoms with Crippen LogP contribution < -0.4 is 10.6 Å². The van der Waals surface area contributed by atoms with Crippen LogP contribution in [0.4, 0.5) is 10.6 Å². The van der Waals surface area contributed by atoms with Crippen LogP contribution in [0.3, 0.4) is 0 Å². The number of esters is 1. The van der Waals surface area contributed by atoms with Crippen LogP contribution >= 0.6 is 0 Å². The van der Waals surface area contributed by atoms with Crippen molar-refractivity contribution in [2.24, 2.45) is 0 Å². The van der Waals surface area contributed by atoms with Crippen LogP contribution in [0.2, 0.25) is 0 Å². The van der Waals surface area contributed by atoms with Crippen LogP contribution in [-0.2, 0) is 11.3 Å². The first-order valence-electron chi connectivity index (χ1n) is 8.16. The van der Waals surface area contributed by atoms with Gasteiger partial charge in [-0.25, -0.2) is 9.59 Å². The van der Waals surface area contributed by atoms with Crippen molar-refractivity contribution in [1.29, 1.82) is 0 Å². The normalized spacial score (nSPS) is 11.0. The van der Waals surface area contributed by atoms with Gasteiger partial charge in [-0.2, -0.15) is 5.10 Å². The number of rotatable bonds is 5. The van der Waals surface area contributed by atoms with E-state index in [1.807, 2.05) is 51.1 Å². The monoisotopic (exact) mass is 344 g/mol. The summed E-state index contributed by atoms with van der Waals surface area (Å²) in [5.41, 5.74) is 0.855. The average molecular weight is 344 g/mol. The van der Waals surface area contributed by atoms with Gasteiger partial charge in [0.1, 0.15) is 5.56 Å². The highest BCUT2D eigenvalue weighted by molar-refractivity contribution is 5.99. The number of benzene rings is 1. The molecule has 0 unspecified atom stereocenters. The standard InChI is InChI=1S/C18H24N4O3/c1-5-25-16(23)14-12-22(11-13-9-7-6-8-10-13)21-15(14)19-17(24)20-18(2,3)4/h6-10,12H,5,11H2,1-4H3,(H2,19,20,21,24). The van der Waals surface area contributed by atoms with Crippen molar-refractivity contribution in [3.8, 4) is 0 Å². The highest BCUT2D eigenvalue weighted by atomic mass is 16.5. The molecular weight excluding hydrogens is 320 g/mol. The Bertz CT molecular complexity index is 733. The van der Waals surface area contributed by atoms with Gasteiger partial charge in [0.05, 0.1) is 13.2 Å². The molecule has 1 heterocycles. The molecule has 0 saturated heterocycles. The van der Waals surface area contributed by atoms with E-state index in [-0.39, 0.29) is 18.0 Å². The van der Waals surface area contributed by atoms with E-state index >= 15 is 0 Å². The number of nitrogens with one attached hydrogen (secondary N) is 2. The van der Waals surface area contributed by atoms with Crippen molar-refractivity contribution < 1.29 is 14.3 Å². The molecule has 0 aliphatic carbocycles. The molecule has 2 aromatic rings. The lowest BCUT2D eigenvalue weighted by molar-refractivity contribution is 0.0527. The molecule has 2 amide bonds. The van der Waals surface area contributed by atoms with Gasteiger partial charge in [0, 0.05) is 11.7 Å². The molecule has 0 aliphatic rings. The third-order valence-electron chi connectivity index (χ3n) is 3.16. The van der Waals surface area contributed by atoms with E-state index in [4.69, 9.17) is 4.74 Å². The minimum absolute atomic E-state index is 0.177. The molecule has 1 aromatic heterocycles. The fourth-order valence-electron chi connectivity index (χ4n) is 2.20. The summed E-state index contributed by atoms with van der Waals surface area (Å²) in [4.78, 5) is 24.3. The first kappa shape index (κ1) is 18.5. The zero-order chi connectivity index (χ0) is 18.4. The summed E-state index contributed by atoms with van der Waals surface area (Å²) >= 11 is 0. The van der Waals surface area contributed by atoms with Gasteiger partial charge in [0.2, 0.25) is 0 Å². The Balaban J connectivity index is 2.23. The lowest BCUT2D eigenvalue weighted by Crippen LogP contribution is -2.43. The van der Waals surface area contributed by atoms with Gasteiger partial charge < -0.3 is 10.1 Å². The van der Waals surface area contributed by atoms with Crippen LogP contribution in [0.25, 0.3) is 0 Å². The second-order valence-electron chi connectivity index (χ2n) is 6.62. The van der Waals surface area contributed by atoms with Gasteiger partial charge in [-0.1, -0.05) is 30.3 Å². The molecular formula is C18H24N4O3. The van der Waals surface area contributed by atoms with Gasteiger partial charge in [-0.3, -0.25) is 10.00 Å². The van der Waals surface area contributed by atoms with Crippen LogP contribution in [0.1, 0.15) is 43.6 Å². The van der Waals surface area contributed by atoms with E-state index in [0.717, 1.165) is 5.56 Å². The summed E-state index contributed by atoms with van der Waals surface area (Å²) in [6, 6.07) is 9.29. The average Bonchev–Trinajstić information content (AvgIpc) is 2.89. The number of carbonyl (C=O) groups is 2. The largest absolute Gasteiger partial charge is 0.462 e. The summed E-state index contributed by atoms with van der Waals surface area (Å²) in [5.74, 6) is -0.344. The molecule has 0 bridgehead atoms. The third-order valence-corrected chi connectivity index (χ3v) is 3.16. The van der Waals surface area contributed by atoms with Crippen molar-refractivity contribution in [1.82, 2.24) is 15.1 Å². The predicted octanol–water partition coefficient (Wildman–Crippen LogP) is 3.03. The maximum Gasteiger partial charge on any atom is 0.343 e. The highest BCUT2D eigenvalue weighted by Crippen LogP contribution is 2.16. The number of amides is 2. The maximum atomic E-state index is 12.2. The van der Waals surface area contributed by atoms with Crippen molar-refractivity contribution >= 4 is 17.8 Å². The Labute approximate surface area is 147 Å². The lowest BCUT2D eigenvalue weighted by Gasteiger charge is -2.20. The maximum absolute atomic E-state index is 12.2. The van der Waals surface area contributed by atoms with Gasteiger partial charge in [0.25, 0.3) is 0 Å². The van der Waals surface area contributed by atoms with Crippen molar-refractivity contribution in [3.05, 3.63) is 47.7 Å². The molecule has 0 aliphatic heterocycles. The number of anilines is 1. The molecule has 25 heavy (non-hydrogen) atoms. The van der Waals surface area contributed by atoms with E-state index in [1.165, 1.54) is 0 Å². The lowest BCUT2D eigenvalue weighted by atomic mass is 10.1. The van der Waals surface area contributed by atoms with Crippen LogP contribution in [-0.4, -0.2) is 33.9 Å². The van der Waals surface area contributed by atoms with Crippen LogP contribution in [0, 0.1) is 0 Å². The Kier molecular flexibility index (Phi) is 5.80. The smallest absolute Gasteiger partial charge is 0.343 e. The van der Waals surface area contributed by atoms with E-state index in [2.05, 4.69) is 15.7 Å². The molecule has 7 nitrogen and oxygen atoms in total. The predicted molar refractivity (Wildman–Crippen MR) is 95.6 cm³/mol. The summed E-state index contributed by atoms with van der Waals surface area (Å²) in [7, 11) is 0. The molecule has 1 aromatic carbocycles. The molecule has 0 atom stereocenters. The van der Waals surface area contributed by atoms with Gasteiger partial charge in [-0.05, 0) is 33.3 Å². The van der Waals surface area contributed by atoms with Crippen molar-refractivity contribution in [3.63, 3.8) is 0 Å². The fraction of sp³-hybridized carbons (Fsp3) is 0.389. The number of nitrogens with zero attached hydrogens (tertiary/aromatic N) is 2. The first-order chi connectivity index (χ1) is 11.8. The summed E-state index contributed by atoms with van der Waals surface area (Å²) in [5, 5.41) is 9.73. The minimum Gasteiger partial charge on any atom is -0.462 e. The Morgan fingerprint density at radius 1 is 1.20 bits per heavy atom. The Morgan fingerprint density at radius 2 is 1.88 bits per heavy atom. The van der Waals surface area contributed by atoms with E-state index in [1.54, 1.807) is 17.8 Å². The fourth-order valence-corrected chi connectivity index (χ4v) is 2.20. The number of hydrogen-bond acceptors (Lipinski definition) is 4. The number of carbonyl (C=O) groups excluding carboxylic acids is 2. The van der Waals surface area contributed by atoms with Crippen LogP contribution in [0.15, 0.2) is 36.5 Å². The SMILES string of the molecule is CCOC(=O)c1cn(Cc2ccccc2)nc1NC(=O)NC(C)(C)C. The molecule has 0 spiro atoms. The molecule has 2 N–H and O–H groups in total. The molecule has 0 radical (unpaired) electrons. The zero-order valence-corrected chi connectivity index (χ0v) is 15.0. The minimum atomic E-state index is -0.520. The number of ether oxygens (including phenoxy) is 1. The topological polar surface area (TPSA) is 85.2 Å². The molecule has 7 heteroatoms. The summed E-state index contributed by atoms with van der Waals surface area (Å²) in [6.07, 6.45) is 1.58. The molecule has 2 rings (SSSR count). The molecule has 134 valence electrons. The zero-order valence-electron chi connectivity index (χ0n) is 15.0. The second-order valence-corrected chi connectivity index (χ2v) is 6.62.